The van der Waals surface area contributed by atoms with E-state index in [0.717, 1.165) is 10.1 Å². The molecule has 138 valence electrons. The molecule has 0 radical (unpaired) electrons. The predicted octanol–water partition coefficient (Wildman–Crippen LogP) is 1.06. The summed E-state index contributed by atoms with van der Waals surface area (Å²) in [6, 6.07) is 9.20. The summed E-state index contributed by atoms with van der Waals surface area (Å²) in [7, 11) is 0. The summed E-state index contributed by atoms with van der Waals surface area (Å²) in [5, 5.41) is 19.2. The summed E-state index contributed by atoms with van der Waals surface area (Å²) in [5.74, 6) is 0. The lowest BCUT2D eigenvalue weighted by molar-refractivity contribution is -0.0463. The molecule has 0 aliphatic carbocycles. The molecule has 1 aromatic heterocycles. The summed E-state index contributed by atoms with van der Waals surface area (Å²) < 4.78 is 8.02. The van der Waals surface area contributed by atoms with Crippen molar-refractivity contribution in [2.75, 3.05) is 6.61 Å². The van der Waals surface area contributed by atoms with Crippen LogP contribution in [0.5, 0.6) is 0 Å². The van der Waals surface area contributed by atoms with Crippen molar-refractivity contribution in [3.8, 4) is 0 Å². The maximum absolute atomic E-state index is 12.9. The highest BCUT2D eigenvalue weighted by Crippen LogP contribution is 2.27. The molecule has 2 heterocycles. The van der Waals surface area contributed by atoms with Gasteiger partial charge >= 0.3 is 5.69 Å². The van der Waals surface area contributed by atoms with Crippen LogP contribution in [0.3, 0.4) is 0 Å². The molecule has 2 aromatic rings. The van der Waals surface area contributed by atoms with Crippen molar-refractivity contribution < 1.29 is 14.9 Å². The number of rotatable bonds is 5. The average molecular weight is 423 g/mol. The van der Waals surface area contributed by atoms with Gasteiger partial charge in [-0.3, -0.25) is 13.9 Å². The van der Waals surface area contributed by atoms with Gasteiger partial charge in [0.1, 0.15) is 12.3 Å². The second kappa shape index (κ2) is 8.13. The summed E-state index contributed by atoms with van der Waals surface area (Å²) in [4.78, 5) is 27.1. The predicted molar refractivity (Wildman–Crippen MR) is 100 cm³/mol. The first-order valence-corrected chi connectivity index (χ1v) is 9.07. The minimum Gasteiger partial charge on any atom is -0.394 e. The molecule has 3 atom stereocenters. The standard InChI is InChI=1S/C18H19BrN2O5/c19-7-6-13-10-20(16-8-14(23)15(11-22)26-16)18(25)21(17(13)24)9-12-4-2-1-3-5-12/h1-7,10,14-16,22-23H,8-9,11H2/b7-6+/t14-,15-,16-/m0/s1. The van der Waals surface area contributed by atoms with Crippen LogP contribution in [0, 0.1) is 0 Å². The Morgan fingerprint density at radius 3 is 2.62 bits per heavy atom. The van der Waals surface area contributed by atoms with E-state index in [1.165, 1.54) is 15.7 Å². The highest BCUT2D eigenvalue weighted by Gasteiger charge is 2.35. The molecule has 7 nitrogen and oxygen atoms in total. The van der Waals surface area contributed by atoms with Crippen LogP contribution in [0.15, 0.2) is 51.1 Å². The van der Waals surface area contributed by atoms with Crippen LogP contribution in [0.1, 0.15) is 23.8 Å². The Bertz CT molecular complexity index is 906. The molecule has 8 heteroatoms. The van der Waals surface area contributed by atoms with Gasteiger partial charge in [0.05, 0.1) is 24.8 Å². The Morgan fingerprint density at radius 1 is 1.27 bits per heavy atom. The summed E-state index contributed by atoms with van der Waals surface area (Å²) in [6.45, 7) is -0.217. The van der Waals surface area contributed by atoms with Crippen LogP contribution >= 0.6 is 15.9 Å². The van der Waals surface area contributed by atoms with Crippen molar-refractivity contribution >= 4 is 22.0 Å². The Labute approximate surface area is 157 Å². The Balaban J connectivity index is 2.08. The molecular weight excluding hydrogens is 404 g/mol. The average Bonchev–Trinajstić information content (AvgIpc) is 3.02. The van der Waals surface area contributed by atoms with Crippen LogP contribution in [-0.4, -0.2) is 38.2 Å². The van der Waals surface area contributed by atoms with Gasteiger partial charge in [-0.05, 0) is 16.6 Å². The van der Waals surface area contributed by atoms with Gasteiger partial charge < -0.3 is 14.9 Å². The van der Waals surface area contributed by atoms with Gasteiger partial charge in [0, 0.05) is 12.6 Å². The Hall–Kier alpha value is -2.00. The van der Waals surface area contributed by atoms with E-state index in [1.807, 2.05) is 30.3 Å². The minimum atomic E-state index is -0.874. The van der Waals surface area contributed by atoms with Crippen LogP contribution < -0.4 is 11.2 Å². The van der Waals surface area contributed by atoms with Gasteiger partial charge in [0.25, 0.3) is 5.56 Å². The van der Waals surface area contributed by atoms with E-state index in [9.17, 15) is 19.8 Å². The van der Waals surface area contributed by atoms with E-state index < -0.39 is 29.7 Å². The fraction of sp³-hybridized carbons (Fsp3) is 0.333. The van der Waals surface area contributed by atoms with Crippen molar-refractivity contribution in [3.05, 3.63) is 73.5 Å². The van der Waals surface area contributed by atoms with E-state index in [4.69, 9.17) is 4.74 Å². The van der Waals surface area contributed by atoms with E-state index in [2.05, 4.69) is 15.9 Å². The zero-order chi connectivity index (χ0) is 18.7. The lowest BCUT2D eigenvalue weighted by Crippen LogP contribution is -2.42. The fourth-order valence-corrected chi connectivity index (χ4v) is 3.27. The second-order valence-corrected chi connectivity index (χ2v) is 6.59. The van der Waals surface area contributed by atoms with E-state index >= 15 is 0 Å². The lowest BCUT2D eigenvalue weighted by Gasteiger charge is -2.17. The van der Waals surface area contributed by atoms with Gasteiger partial charge in [-0.1, -0.05) is 46.3 Å². The highest BCUT2D eigenvalue weighted by molar-refractivity contribution is 9.11. The van der Waals surface area contributed by atoms with Crippen molar-refractivity contribution in [3.63, 3.8) is 0 Å². The smallest absolute Gasteiger partial charge is 0.333 e. The highest BCUT2D eigenvalue weighted by atomic mass is 79.9. The number of nitrogens with zero attached hydrogens (tertiary/aromatic N) is 2. The molecule has 1 aliphatic rings. The Kier molecular flexibility index (Phi) is 5.87. The fourth-order valence-electron chi connectivity index (χ4n) is 2.99. The molecule has 26 heavy (non-hydrogen) atoms. The number of halogens is 1. The van der Waals surface area contributed by atoms with Crippen molar-refractivity contribution in [2.24, 2.45) is 0 Å². The number of ether oxygens (including phenoxy) is 1. The van der Waals surface area contributed by atoms with Crippen molar-refractivity contribution in [1.82, 2.24) is 9.13 Å². The first-order valence-electron chi connectivity index (χ1n) is 8.16. The van der Waals surface area contributed by atoms with E-state index in [0.29, 0.717) is 5.56 Å². The van der Waals surface area contributed by atoms with E-state index in [1.54, 1.807) is 6.08 Å². The minimum absolute atomic E-state index is 0.126. The molecule has 0 amide bonds. The van der Waals surface area contributed by atoms with Crippen molar-refractivity contribution in [1.29, 1.82) is 0 Å². The number of aromatic nitrogens is 2. The third-order valence-corrected chi connectivity index (χ3v) is 4.61. The number of benzene rings is 1. The zero-order valence-electron chi connectivity index (χ0n) is 13.9. The SMILES string of the molecule is O=c1c(/C=C/Br)cn([C@@H]2C[C@H](O)[C@H](CO)O2)c(=O)n1Cc1ccccc1. The number of aliphatic hydroxyl groups is 2. The molecular formula is C18H19BrN2O5. The number of hydrogen-bond acceptors (Lipinski definition) is 5. The largest absolute Gasteiger partial charge is 0.394 e. The van der Waals surface area contributed by atoms with Gasteiger partial charge in [0.15, 0.2) is 0 Å². The first kappa shape index (κ1) is 18.8. The monoisotopic (exact) mass is 422 g/mol. The molecule has 3 rings (SSSR count). The number of aliphatic hydroxyl groups excluding tert-OH is 2. The topological polar surface area (TPSA) is 93.7 Å². The summed E-state index contributed by atoms with van der Waals surface area (Å²) >= 11 is 3.15. The van der Waals surface area contributed by atoms with Crippen LogP contribution in [0.4, 0.5) is 0 Å². The molecule has 1 aliphatic heterocycles. The maximum Gasteiger partial charge on any atom is 0.333 e. The summed E-state index contributed by atoms with van der Waals surface area (Å²) in [5.41, 5.74) is 0.186. The quantitative estimate of drug-likeness (QED) is 0.751. The molecule has 1 aromatic carbocycles. The first-order chi connectivity index (χ1) is 12.5. The number of hydrogen-bond donors (Lipinski definition) is 2. The van der Waals surface area contributed by atoms with Crippen molar-refractivity contribution in [2.45, 2.75) is 31.4 Å². The van der Waals surface area contributed by atoms with Crippen LogP contribution in [-0.2, 0) is 11.3 Å². The molecule has 0 saturated carbocycles. The van der Waals surface area contributed by atoms with Crippen LogP contribution in [0.25, 0.3) is 6.08 Å². The zero-order valence-corrected chi connectivity index (χ0v) is 15.4. The summed E-state index contributed by atoms with van der Waals surface area (Å²) in [6.07, 6.45) is 0.750. The molecule has 1 fully saturated rings. The van der Waals surface area contributed by atoms with Gasteiger partial charge in [0.2, 0.25) is 0 Å². The van der Waals surface area contributed by atoms with E-state index in [-0.39, 0.29) is 19.6 Å². The molecule has 0 unspecified atom stereocenters. The third-order valence-electron chi connectivity index (χ3n) is 4.34. The molecule has 0 bridgehead atoms. The molecule has 0 spiro atoms. The molecule has 1 saturated heterocycles. The van der Waals surface area contributed by atoms with Gasteiger partial charge in [-0.2, -0.15) is 0 Å². The normalized spacial score (nSPS) is 23.0. The van der Waals surface area contributed by atoms with Gasteiger partial charge in [-0.15, -0.1) is 0 Å². The third kappa shape index (κ3) is 3.73. The Morgan fingerprint density at radius 2 is 2.00 bits per heavy atom. The second-order valence-electron chi connectivity index (χ2n) is 6.06. The maximum atomic E-state index is 12.9. The van der Waals surface area contributed by atoms with Crippen LogP contribution in [0.2, 0.25) is 0 Å². The lowest BCUT2D eigenvalue weighted by atomic mass is 10.2. The van der Waals surface area contributed by atoms with Gasteiger partial charge in [-0.25, -0.2) is 4.79 Å². The molecule has 2 N–H and O–H groups in total.